The van der Waals surface area contributed by atoms with Gasteiger partial charge in [0.05, 0.1) is 116 Å². The van der Waals surface area contributed by atoms with Gasteiger partial charge >= 0.3 is 0 Å². The summed E-state index contributed by atoms with van der Waals surface area (Å²) in [7, 11) is 3.23. The van der Waals surface area contributed by atoms with E-state index in [-0.39, 0.29) is 71.4 Å². The number of benzene rings is 5. The first-order valence-corrected chi connectivity index (χ1v) is 36.6. The minimum absolute atomic E-state index is 0.0107. The first-order valence-electron chi connectivity index (χ1n) is 36.6. The molecule has 13 heterocycles. The number of hydrogen-bond donors (Lipinski definition) is 5. The van der Waals surface area contributed by atoms with Crippen molar-refractivity contribution in [2.24, 2.45) is 0 Å². The summed E-state index contributed by atoms with van der Waals surface area (Å²) in [4.78, 5) is 139. The minimum atomic E-state index is -0.446. The molecular formula is C81H69N13O19. The summed E-state index contributed by atoms with van der Waals surface area (Å²) >= 11 is 0. The molecule has 32 heteroatoms. The summed E-state index contributed by atoms with van der Waals surface area (Å²) in [6.07, 6.45) is 9.27. The van der Waals surface area contributed by atoms with Crippen molar-refractivity contribution in [1.29, 1.82) is 0 Å². The number of amides is 6. The maximum atomic E-state index is 12.3. The molecule has 2 aliphatic carbocycles. The van der Waals surface area contributed by atoms with E-state index in [2.05, 4.69) is 66.7 Å². The Bertz CT molecular complexity index is 6010. The number of ether oxygens (including phenoxy) is 4. The number of imide groups is 3. The average Bonchev–Trinajstić information content (AvgIpc) is 1.66. The fourth-order valence-corrected chi connectivity index (χ4v) is 15.0. The third-order valence-electron chi connectivity index (χ3n) is 20.6. The van der Waals surface area contributed by atoms with Gasteiger partial charge in [-0.3, -0.25) is 78.8 Å². The molecule has 0 spiro atoms. The zero-order valence-electron chi connectivity index (χ0n) is 60.7. The third kappa shape index (κ3) is 14.9. The van der Waals surface area contributed by atoms with Crippen LogP contribution in [0.15, 0.2) is 150 Å². The lowest BCUT2D eigenvalue weighted by Gasteiger charge is -2.19. The topological polar surface area (TPSA) is 444 Å². The maximum Gasteiger partial charge on any atom is 0.235 e. The number of carbonyl (C=O) groups is 10. The quantitative estimate of drug-likeness (QED) is 0.0406. The Morgan fingerprint density at radius 1 is 0.381 bits per heavy atom. The minimum Gasteiger partial charge on any atom is -0.475 e. The highest BCUT2D eigenvalue weighted by atomic mass is 16.5. The Kier molecular flexibility index (Phi) is 20.7. The molecule has 32 nitrogen and oxygen atoms in total. The molecule has 5 atom stereocenters. The number of H-pyrrole nitrogens is 2. The highest BCUT2D eigenvalue weighted by Gasteiger charge is 2.38. The second-order valence-electron chi connectivity index (χ2n) is 27.7. The molecule has 5 N–H and O–H groups in total. The number of fused-ring (bicyclic) bond motifs is 14. The van der Waals surface area contributed by atoms with Gasteiger partial charge in [0.2, 0.25) is 47.2 Å². The first kappa shape index (κ1) is 73.5. The lowest BCUT2D eigenvalue weighted by atomic mass is 9.83. The van der Waals surface area contributed by atoms with Gasteiger partial charge < -0.3 is 41.6 Å². The van der Waals surface area contributed by atoms with Crippen LogP contribution in [0.1, 0.15) is 135 Å². The largest absolute Gasteiger partial charge is 0.475 e. The lowest BCUT2D eigenvalue weighted by Crippen LogP contribution is -2.39. The predicted octanol–water partition coefficient (Wildman–Crippen LogP) is 11.2. The molecule has 0 bridgehead atoms. The highest BCUT2D eigenvalue weighted by Crippen LogP contribution is 2.42. The van der Waals surface area contributed by atoms with E-state index >= 15 is 0 Å². The number of carbonyl (C=O) groups excluding carboxylic acids is 10. The molecule has 10 aromatic heterocycles. The molecule has 5 fully saturated rings. The van der Waals surface area contributed by atoms with Gasteiger partial charge in [0, 0.05) is 115 Å². The highest BCUT2D eigenvalue weighted by molar-refractivity contribution is 6.14. The number of pyridine rings is 3. The molecule has 6 amide bonds. The van der Waals surface area contributed by atoms with Crippen LogP contribution in [0.3, 0.4) is 0 Å². The number of methoxy groups -OCH3 is 2. The van der Waals surface area contributed by atoms with Gasteiger partial charge in [-0.1, -0.05) is 21.5 Å². The smallest absolute Gasteiger partial charge is 0.235 e. The average molecular weight is 1530 g/mol. The van der Waals surface area contributed by atoms with Crippen LogP contribution in [0.25, 0.3) is 109 Å². The second kappa shape index (κ2) is 31.8. The lowest BCUT2D eigenvalue weighted by molar-refractivity contribution is -0.136. The number of piperidine rings is 3. The van der Waals surface area contributed by atoms with Crippen LogP contribution < -0.4 is 25.4 Å². The summed E-state index contributed by atoms with van der Waals surface area (Å²) in [5.41, 5.74) is 10.4. The van der Waals surface area contributed by atoms with Crippen LogP contribution in [-0.4, -0.2) is 150 Å². The summed E-state index contributed by atoms with van der Waals surface area (Å²) in [6, 6.07) is 33.4. The van der Waals surface area contributed by atoms with Crippen molar-refractivity contribution in [3.05, 3.63) is 156 Å². The van der Waals surface area contributed by atoms with Crippen molar-refractivity contribution in [2.75, 3.05) is 40.6 Å². The zero-order chi connectivity index (χ0) is 78.0. The van der Waals surface area contributed by atoms with Gasteiger partial charge in [-0.25, -0.2) is 20.3 Å². The van der Waals surface area contributed by atoms with Crippen LogP contribution in [0.2, 0.25) is 0 Å². The van der Waals surface area contributed by atoms with Gasteiger partial charge in [0.15, 0.2) is 27.9 Å². The summed E-state index contributed by atoms with van der Waals surface area (Å²) < 4.78 is 48.1. The molecule has 15 aromatic rings. The molecule has 3 aliphatic heterocycles. The van der Waals surface area contributed by atoms with Crippen LogP contribution in [0.5, 0.6) is 11.8 Å². The molecule has 20 rings (SSSR count). The van der Waals surface area contributed by atoms with Crippen molar-refractivity contribution in [3.8, 4) is 11.8 Å². The molecule has 113 heavy (non-hydrogen) atoms. The van der Waals surface area contributed by atoms with E-state index in [0.717, 1.165) is 81.4 Å². The summed E-state index contributed by atoms with van der Waals surface area (Å²) in [5, 5.41) is 33.8. The summed E-state index contributed by atoms with van der Waals surface area (Å²) in [5.74, 6) is -2.80. The first-order chi connectivity index (χ1) is 55.0. The van der Waals surface area contributed by atoms with E-state index in [4.69, 9.17) is 41.6 Å². The normalized spacial score (nSPS) is 18.8. The monoisotopic (exact) mass is 1530 g/mol. The van der Waals surface area contributed by atoms with Crippen LogP contribution in [-0.2, 0) is 57.4 Å². The van der Waals surface area contributed by atoms with Crippen LogP contribution >= 0.6 is 0 Å². The van der Waals surface area contributed by atoms with Crippen LogP contribution in [0.4, 0.5) is 0 Å². The van der Waals surface area contributed by atoms with E-state index in [1.165, 1.54) is 0 Å². The van der Waals surface area contributed by atoms with Gasteiger partial charge in [0.1, 0.15) is 53.4 Å². The van der Waals surface area contributed by atoms with E-state index in [9.17, 15) is 47.9 Å². The number of Topliss-reactive ketones (excluding diaryl/α,β-unsaturated/α-hetero) is 4. The van der Waals surface area contributed by atoms with E-state index in [0.29, 0.717) is 159 Å². The number of aromatic nitrogens is 10. The standard InChI is InChI=1S/2C19H18N2O5.C15H11N3O3.2C14H11N3O3/c2*1-24-8-9-25-17-7-4-12-14(20-17)5-6-16-18(12)19(21-26-16)13-3-2-11(22)10-15(13)23;19-13-4-3-9(15(20)17-13)14-10-6-8-2-1-5-16-11(8)7-12(10)21-18-14;2*18-11-4-1-8(14(19)16-11)13-12-7-5-6-15-9(7)2-3-10(12)20-17-13/h2*4-7,13H,2-3,8-10H2,1H3;1-2,5-7,9H,3-4H2,(H,17,19,20);2*2-3,5-6,8,17H,1,4H2,(H,16,18,19)/t2*13-;9-;2*8-/m10110/s1. The van der Waals surface area contributed by atoms with Crippen molar-refractivity contribution in [3.63, 3.8) is 0 Å². The zero-order valence-corrected chi connectivity index (χ0v) is 60.7. The molecule has 0 unspecified atom stereocenters. The molecule has 572 valence electrons. The Labute approximate surface area is 636 Å². The van der Waals surface area contributed by atoms with Crippen molar-refractivity contribution in [2.45, 2.75) is 107 Å². The predicted molar refractivity (Wildman–Crippen MR) is 403 cm³/mol. The molecular weight excluding hydrogens is 1460 g/mol. The van der Waals surface area contributed by atoms with Crippen molar-refractivity contribution < 1.29 is 89.5 Å². The number of nitrogens with one attached hydrogen (secondary N) is 5. The number of hydrogen-bond acceptors (Lipinski definition) is 27. The summed E-state index contributed by atoms with van der Waals surface area (Å²) in [6.45, 7) is 1.80. The van der Waals surface area contributed by atoms with Crippen LogP contribution in [0, 0.1) is 0 Å². The number of nitrogens with zero attached hydrogens (tertiary/aromatic N) is 8. The molecule has 5 aromatic carbocycles. The van der Waals surface area contributed by atoms with E-state index < -0.39 is 29.6 Å². The fraction of sp³-hybridized carbons (Fsp3) is 0.284. The second-order valence-corrected chi connectivity index (χ2v) is 27.7. The molecule has 5 aliphatic rings. The van der Waals surface area contributed by atoms with Gasteiger partial charge in [0.25, 0.3) is 0 Å². The number of ketones is 4. The fourth-order valence-electron chi connectivity index (χ4n) is 15.0. The Morgan fingerprint density at radius 3 is 1.27 bits per heavy atom. The Balaban J connectivity index is 0.000000107. The molecule has 2 saturated carbocycles. The van der Waals surface area contributed by atoms with Crippen molar-refractivity contribution in [1.82, 2.24) is 66.7 Å². The maximum absolute atomic E-state index is 12.3. The number of rotatable bonds is 13. The molecule has 3 saturated heterocycles. The van der Waals surface area contributed by atoms with Gasteiger partial charge in [-0.15, -0.1) is 0 Å². The third-order valence-corrected chi connectivity index (χ3v) is 20.6. The Morgan fingerprint density at radius 2 is 0.805 bits per heavy atom. The van der Waals surface area contributed by atoms with Gasteiger partial charge in [-0.05, 0) is 117 Å². The SMILES string of the molecule is COCCOc1ccc2c(ccc3onc([C@@H]4CCC(=O)CC4=O)c32)n1.COCCOc1ccc2c(ccc3onc([C@H]4CCC(=O)CC4=O)c32)n1.O=C1CC[C@@H](c2[nH]oc3ccc4nccc4c23)C(=O)N1.O=C1CC[C@H](c2[nH]oc3ccc4nccc4c23)C(=O)N1.O=C1CC[C@H](c2noc3cc4ncccc4cc23)C(=O)N1. The van der Waals surface area contributed by atoms with Gasteiger partial charge in [-0.2, -0.15) is 0 Å². The molecule has 0 radical (unpaired) electrons. The Hall–Kier alpha value is -13.6. The van der Waals surface area contributed by atoms with Crippen molar-refractivity contribution >= 4 is 168 Å². The number of aromatic amines is 2. The van der Waals surface area contributed by atoms with E-state index in [1.54, 1.807) is 57.1 Å². The van der Waals surface area contributed by atoms with E-state index in [1.807, 2.05) is 84.9 Å².